The second-order valence-electron chi connectivity index (χ2n) is 10.7. The topological polar surface area (TPSA) is 90.9 Å². The van der Waals surface area contributed by atoms with E-state index >= 15 is 0 Å². The maximum atomic E-state index is 15.0. The predicted octanol–water partition coefficient (Wildman–Crippen LogP) is 6.24. The second-order valence-corrected chi connectivity index (χ2v) is 10.7. The van der Waals surface area contributed by atoms with Gasteiger partial charge in [0.1, 0.15) is 29.8 Å². The number of carboxylic acid groups (broad SMARTS) is 1. The normalized spacial score (nSPS) is 17.5. The number of amides is 2. The molecule has 1 saturated heterocycles. The zero-order valence-electron chi connectivity index (χ0n) is 23.7. The summed E-state index contributed by atoms with van der Waals surface area (Å²) < 4.78 is 101. The Morgan fingerprint density at radius 1 is 0.933 bits per heavy atom. The number of nitrogens with one attached hydrogen (secondary N) is 2. The molecule has 1 heterocycles. The number of morpholine rings is 1. The second kappa shape index (κ2) is 14.7. The minimum Gasteiger partial charge on any atom is -0.465 e. The molecule has 3 atom stereocenters. The van der Waals surface area contributed by atoms with Crippen LogP contribution < -0.4 is 10.6 Å². The quantitative estimate of drug-likeness (QED) is 0.216. The Morgan fingerprint density at radius 3 is 2.24 bits per heavy atom. The fourth-order valence-corrected chi connectivity index (χ4v) is 5.25. The third-order valence-corrected chi connectivity index (χ3v) is 7.25. The predicted molar refractivity (Wildman–Crippen MR) is 150 cm³/mol. The van der Waals surface area contributed by atoms with Crippen LogP contribution in [0.25, 0.3) is 0 Å². The number of carbonyl (C=O) groups is 2. The first kappa shape index (κ1) is 33.7. The Balaban J connectivity index is 1.44. The van der Waals surface area contributed by atoms with Crippen molar-refractivity contribution in [3.8, 4) is 0 Å². The van der Waals surface area contributed by atoms with E-state index in [2.05, 4.69) is 10.6 Å². The molecule has 3 N–H and O–H groups in total. The first-order valence-corrected chi connectivity index (χ1v) is 14.0. The highest BCUT2D eigenvalue weighted by Gasteiger charge is 2.35. The zero-order valence-corrected chi connectivity index (χ0v) is 23.7. The molecule has 1 aliphatic heterocycles. The van der Waals surface area contributed by atoms with Crippen LogP contribution in [0.3, 0.4) is 0 Å². The van der Waals surface area contributed by atoms with Gasteiger partial charge in [0.25, 0.3) is 0 Å². The van der Waals surface area contributed by atoms with Crippen LogP contribution in [0.1, 0.15) is 35.4 Å². The van der Waals surface area contributed by atoms with Crippen molar-refractivity contribution in [2.24, 2.45) is 0 Å². The Labute approximate surface area is 254 Å². The summed E-state index contributed by atoms with van der Waals surface area (Å²) in [5, 5.41) is 14.8. The lowest BCUT2D eigenvalue weighted by molar-refractivity contribution is -0.147. The van der Waals surface area contributed by atoms with Gasteiger partial charge in [0, 0.05) is 42.7 Å². The molecule has 1 fully saturated rings. The van der Waals surface area contributed by atoms with Crippen LogP contribution >= 0.6 is 0 Å². The summed E-state index contributed by atoms with van der Waals surface area (Å²) in [7, 11) is 0. The molecule has 0 radical (unpaired) electrons. The van der Waals surface area contributed by atoms with Gasteiger partial charge in [0.05, 0.1) is 18.8 Å². The largest absolute Gasteiger partial charge is 0.465 e. The number of hydrogen-bond acceptors (Lipinski definition) is 4. The Morgan fingerprint density at radius 2 is 1.60 bits per heavy atom. The van der Waals surface area contributed by atoms with Crippen molar-refractivity contribution in [3.05, 3.63) is 101 Å². The molecule has 0 unspecified atom stereocenters. The van der Waals surface area contributed by atoms with Gasteiger partial charge in [0.2, 0.25) is 5.91 Å². The van der Waals surface area contributed by atoms with Crippen molar-refractivity contribution in [1.29, 1.82) is 0 Å². The number of carbonyl (C=O) groups excluding carboxylic acids is 1. The lowest BCUT2D eigenvalue weighted by atomic mass is 9.88. The van der Waals surface area contributed by atoms with Gasteiger partial charge in [-0.2, -0.15) is 13.2 Å². The summed E-state index contributed by atoms with van der Waals surface area (Å²) in [5.74, 6) is -4.38. The fraction of sp³-hybridized carbons (Fsp3) is 0.355. The number of anilines is 1. The molecule has 0 aromatic heterocycles. The third kappa shape index (κ3) is 9.91. The van der Waals surface area contributed by atoms with E-state index in [0.717, 1.165) is 24.3 Å². The molecule has 2 amide bonds. The molecule has 0 spiro atoms. The van der Waals surface area contributed by atoms with Crippen molar-refractivity contribution in [2.75, 3.05) is 31.5 Å². The summed E-state index contributed by atoms with van der Waals surface area (Å²) in [6.07, 6.45) is -8.03. The molecule has 0 aliphatic carbocycles. The number of alkyl halides is 3. The smallest absolute Gasteiger partial charge is 0.407 e. The third-order valence-electron chi connectivity index (χ3n) is 7.25. The van der Waals surface area contributed by atoms with E-state index in [9.17, 15) is 40.3 Å². The molecule has 3 aromatic rings. The molecule has 3 aromatic carbocycles. The lowest BCUT2D eigenvalue weighted by Crippen LogP contribution is -2.51. The molecule has 4 rings (SSSR count). The minimum atomic E-state index is -4.72. The van der Waals surface area contributed by atoms with Crippen LogP contribution in [-0.4, -0.2) is 66.6 Å². The molecule has 14 heteroatoms. The van der Waals surface area contributed by atoms with Gasteiger partial charge >= 0.3 is 12.3 Å². The number of nitrogens with zero attached hydrogens (tertiary/aromatic N) is 1. The zero-order chi connectivity index (χ0) is 32.7. The fourth-order valence-electron chi connectivity index (χ4n) is 5.25. The monoisotopic (exact) mass is 641 g/mol. The molecular weight excluding hydrogens is 611 g/mol. The highest BCUT2D eigenvalue weighted by atomic mass is 19.4. The Bertz CT molecular complexity index is 1470. The van der Waals surface area contributed by atoms with Crippen molar-refractivity contribution in [3.63, 3.8) is 0 Å². The highest BCUT2D eigenvalue weighted by Crippen LogP contribution is 2.31. The van der Waals surface area contributed by atoms with E-state index in [0.29, 0.717) is 11.6 Å². The minimum absolute atomic E-state index is 0.0447. The summed E-state index contributed by atoms with van der Waals surface area (Å²) in [6.45, 7) is -1.78. The SMILES string of the molecule is O=C(C[C@@H](c1ccc(F)cc1)c1cc(F)cc(F)c1)Nc1cccc(F)c1CC[C@@H]1CNC[C@@H](CN(CC(F)(F)F)C(=O)O)O1. The van der Waals surface area contributed by atoms with Gasteiger partial charge in [-0.3, -0.25) is 9.69 Å². The van der Waals surface area contributed by atoms with Crippen LogP contribution in [0.4, 0.5) is 41.2 Å². The number of rotatable bonds is 11. The van der Waals surface area contributed by atoms with Crippen LogP contribution in [0.5, 0.6) is 0 Å². The van der Waals surface area contributed by atoms with Crippen molar-refractivity contribution in [2.45, 2.75) is 43.6 Å². The highest BCUT2D eigenvalue weighted by molar-refractivity contribution is 5.92. The maximum Gasteiger partial charge on any atom is 0.407 e. The van der Waals surface area contributed by atoms with Crippen LogP contribution in [0, 0.1) is 23.3 Å². The van der Waals surface area contributed by atoms with E-state index in [1.807, 2.05) is 0 Å². The van der Waals surface area contributed by atoms with E-state index in [1.54, 1.807) is 0 Å². The van der Waals surface area contributed by atoms with E-state index in [1.165, 1.54) is 30.3 Å². The lowest BCUT2D eigenvalue weighted by Gasteiger charge is -2.34. The molecule has 1 aliphatic rings. The summed E-state index contributed by atoms with van der Waals surface area (Å²) in [4.78, 5) is 24.7. The van der Waals surface area contributed by atoms with Gasteiger partial charge in [-0.1, -0.05) is 18.2 Å². The van der Waals surface area contributed by atoms with E-state index in [-0.39, 0.29) is 54.1 Å². The van der Waals surface area contributed by atoms with Gasteiger partial charge in [-0.05, 0) is 60.4 Å². The van der Waals surface area contributed by atoms with Crippen LogP contribution in [0.15, 0.2) is 60.7 Å². The van der Waals surface area contributed by atoms with Gasteiger partial charge < -0.3 is 20.5 Å². The number of benzene rings is 3. The van der Waals surface area contributed by atoms with Crippen LogP contribution in [0.2, 0.25) is 0 Å². The van der Waals surface area contributed by atoms with E-state index in [4.69, 9.17) is 9.84 Å². The van der Waals surface area contributed by atoms with E-state index < -0.39 is 72.7 Å². The van der Waals surface area contributed by atoms with Crippen molar-refractivity contribution < 1.29 is 50.2 Å². The van der Waals surface area contributed by atoms with Gasteiger partial charge in [0.15, 0.2) is 0 Å². The summed E-state index contributed by atoms with van der Waals surface area (Å²) in [6, 6.07) is 12.0. The molecule has 45 heavy (non-hydrogen) atoms. The Hall–Kier alpha value is -4.17. The first-order valence-electron chi connectivity index (χ1n) is 14.0. The molecule has 7 nitrogen and oxygen atoms in total. The van der Waals surface area contributed by atoms with Crippen molar-refractivity contribution >= 4 is 17.7 Å². The average Bonchev–Trinajstić information content (AvgIpc) is 2.95. The van der Waals surface area contributed by atoms with Gasteiger partial charge in [-0.25, -0.2) is 22.4 Å². The molecule has 242 valence electrons. The summed E-state index contributed by atoms with van der Waals surface area (Å²) in [5.41, 5.74) is 0.813. The molecular formula is C31H30F7N3O4. The Kier molecular flexibility index (Phi) is 11.0. The standard InChI is InChI=1S/C31H30F7N3O4/c32-20-6-4-18(5-7-20)26(19-10-21(33)12-22(34)11-19)13-29(42)40-28-3-1-2-27(35)25(28)9-8-23-14-39-15-24(45-23)16-41(30(43)44)17-31(36,37)38/h1-7,10-12,23-24,26,39H,8-9,13-17H2,(H,40,42)(H,43,44)/t23-,24+,26+/m1/s1. The van der Waals surface area contributed by atoms with Crippen LogP contribution in [-0.2, 0) is 16.0 Å². The average molecular weight is 642 g/mol. The summed E-state index contributed by atoms with van der Waals surface area (Å²) >= 11 is 0. The van der Waals surface area contributed by atoms with Gasteiger partial charge in [-0.15, -0.1) is 0 Å². The maximum absolute atomic E-state index is 15.0. The van der Waals surface area contributed by atoms with Crippen molar-refractivity contribution in [1.82, 2.24) is 10.2 Å². The first-order chi connectivity index (χ1) is 21.3. The number of hydrogen-bond donors (Lipinski definition) is 3. The molecule has 0 bridgehead atoms. The number of halogens is 7. The molecule has 0 saturated carbocycles. The number of ether oxygens (including phenoxy) is 1.